The number of likely N-dealkylation sites (N-methyl/N-ethyl adjacent to an activating group) is 1. The molecular formula is C21H22BrN5O2S. The van der Waals surface area contributed by atoms with Crippen LogP contribution >= 0.6 is 27.7 Å². The van der Waals surface area contributed by atoms with Crippen molar-refractivity contribution in [2.75, 3.05) is 49.2 Å². The first-order valence-electron chi connectivity index (χ1n) is 9.63. The van der Waals surface area contributed by atoms with Gasteiger partial charge in [-0.25, -0.2) is 0 Å². The summed E-state index contributed by atoms with van der Waals surface area (Å²) in [5.74, 6) is 0.523. The monoisotopic (exact) mass is 487 g/mol. The molecule has 7 nitrogen and oxygen atoms in total. The number of amides is 1. The quantitative estimate of drug-likeness (QED) is 0.526. The first-order valence-corrected chi connectivity index (χ1v) is 11.4. The number of hydrogen-bond acceptors (Lipinski definition) is 7. The summed E-state index contributed by atoms with van der Waals surface area (Å²) in [7, 11) is 2.13. The van der Waals surface area contributed by atoms with Gasteiger partial charge >= 0.3 is 0 Å². The molecule has 30 heavy (non-hydrogen) atoms. The van der Waals surface area contributed by atoms with Crippen molar-refractivity contribution in [1.29, 1.82) is 0 Å². The van der Waals surface area contributed by atoms with Crippen LogP contribution in [0, 0.1) is 0 Å². The second-order valence-electron chi connectivity index (χ2n) is 7.02. The minimum absolute atomic E-state index is 0.107. The van der Waals surface area contributed by atoms with E-state index in [9.17, 15) is 4.79 Å². The standard InChI is InChI=1S/C21H22BrN5O2S/c1-26-10-12-27(13-11-26)18-5-3-2-4-17(18)23-19(28)14-30-21-25-24-20(29-21)15-6-8-16(22)9-7-15/h2-9H,10-14H2,1H3,(H,23,28). The maximum atomic E-state index is 12.5. The van der Waals surface area contributed by atoms with Crippen molar-refractivity contribution in [3.63, 3.8) is 0 Å². The molecule has 0 radical (unpaired) electrons. The van der Waals surface area contributed by atoms with Gasteiger partial charge in [0.1, 0.15) is 0 Å². The van der Waals surface area contributed by atoms with Crippen LogP contribution in [0.4, 0.5) is 11.4 Å². The first-order chi connectivity index (χ1) is 14.6. The van der Waals surface area contributed by atoms with Gasteiger partial charge in [-0.1, -0.05) is 39.8 Å². The molecule has 1 aliphatic heterocycles. The molecule has 0 spiro atoms. The Morgan fingerprint density at radius 1 is 1.10 bits per heavy atom. The molecular weight excluding hydrogens is 466 g/mol. The van der Waals surface area contributed by atoms with E-state index in [4.69, 9.17) is 4.42 Å². The number of halogens is 1. The van der Waals surface area contributed by atoms with Gasteiger partial charge in [-0.15, -0.1) is 10.2 Å². The third-order valence-corrected chi connectivity index (χ3v) is 6.19. The highest BCUT2D eigenvalue weighted by atomic mass is 79.9. The van der Waals surface area contributed by atoms with E-state index in [1.165, 1.54) is 11.8 Å². The van der Waals surface area contributed by atoms with Gasteiger partial charge in [0.25, 0.3) is 5.22 Å². The molecule has 1 aromatic heterocycles. The van der Waals surface area contributed by atoms with Crippen molar-refractivity contribution in [1.82, 2.24) is 15.1 Å². The molecule has 3 aromatic rings. The van der Waals surface area contributed by atoms with Gasteiger partial charge in [0.2, 0.25) is 11.8 Å². The topological polar surface area (TPSA) is 74.5 Å². The van der Waals surface area contributed by atoms with Gasteiger partial charge in [0, 0.05) is 36.2 Å². The van der Waals surface area contributed by atoms with Crippen LogP contribution in [0.1, 0.15) is 0 Å². The van der Waals surface area contributed by atoms with Gasteiger partial charge in [-0.3, -0.25) is 4.79 Å². The zero-order valence-electron chi connectivity index (χ0n) is 16.5. The fraction of sp³-hybridized carbons (Fsp3) is 0.286. The Morgan fingerprint density at radius 2 is 1.83 bits per heavy atom. The largest absolute Gasteiger partial charge is 0.411 e. The molecule has 1 aliphatic rings. The van der Waals surface area contributed by atoms with Crippen molar-refractivity contribution in [3.8, 4) is 11.5 Å². The molecule has 1 fully saturated rings. The van der Waals surface area contributed by atoms with Crippen molar-refractivity contribution in [2.45, 2.75) is 5.22 Å². The lowest BCUT2D eigenvalue weighted by Gasteiger charge is -2.35. The molecule has 0 saturated carbocycles. The Hall–Kier alpha value is -2.36. The molecule has 0 aliphatic carbocycles. The summed E-state index contributed by atoms with van der Waals surface area (Å²) in [6, 6.07) is 15.5. The maximum Gasteiger partial charge on any atom is 0.277 e. The van der Waals surface area contributed by atoms with E-state index in [-0.39, 0.29) is 11.7 Å². The number of carbonyl (C=O) groups excluding carboxylic acids is 1. The van der Waals surface area contributed by atoms with Crippen LogP contribution in [0.3, 0.4) is 0 Å². The molecule has 1 saturated heterocycles. The highest BCUT2D eigenvalue weighted by molar-refractivity contribution is 9.10. The Labute approximate surface area is 188 Å². The van der Waals surface area contributed by atoms with Crippen LogP contribution < -0.4 is 10.2 Å². The molecule has 0 atom stereocenters. The number of para-hydroxylation sites is 2. The number of benzene rings is 2. The average Bonchev–Trinajstić information content (AvgIpc) is 3.23. The number of nitrogens with zero attached hydrogens (tertiary/aromatic N) is 4. The normalized spacial score (nSPS) is 14.7. The molecule has 9 heteroatoms. The summed E-state index contributed by atoms with van der Waals surface area (Å²) < 4.78 is 6.65. The molecule has 1 N–H and O–H groups in total. The Kier molecular flexibility index (Phi) is 6.71. The predicted molar refractivity (Wildman–Crippen MR) is 123 cm³/mol. The van der Waals surface area contributed by atoms with Gasteiger partial charge in [-0.05, 0) is 43.4 Å². The minimum Gasteiger partial charge on any atom is -0.411 e. The number of anilines is 2. The second-order valence-corrected chi connectivity index (χ2v) is 8.87. The molecule has 2 aromatic carbocycles. The average molecular weight is 488 g/mol. The van der Waals surface area contributed by atoms with Gasteiger partial charge in [-0.2, -0.15) is 0 Å². The molecule has 0 bridgehead atoms. The number of aromatic nitrogens is 2. The lowest BCUT2D eigenvalue weighted by molar-refractivity contribution is -0.113. The van der Waals surface area contributed by atoms with Crippen molar-refractivity contribution in [3.05, 3.63) is 53.0 Å². The number of hydrogen-bond donors (Lipinski definition) is 1. The van der Waals surface area contributed by atoms with E-state index in [1.54, 1.807) is 0 Å². The third-order valence-electron chi connectivity index (χ3n) is 4.85. The van der Waals surface area contributed by atoms with Crippen LogP contribution in [0.2, 0.25) is 0 Å². The fourth-order valence-corrected chi connectivity index (χ4v) is 4.02. The summed E-state index contributed by atoms with van der Waals surface area (Å²) in [6.07, 6.45) is 0. The van der Waals surface area contributed by atoms with Gasteiger partial charge in [0.15, 0.2) is 0 Å². The lowest BCUT2D eigenvalue weighted by Crippen LogP contribution is -2.44. The molecule has 4 rings (SSSR count). The highest BCUT2D eigenvalue weighted by Crippen LogP contribution is 2.28. The van der Waals surface area contributed by atoms with Crippen molar-refractivity contribution < 1.29 is 9.21 Å². The van der Waals surface area contributed by atoms with Crippen LogP contribution in [-0.2, 0) is 4.79 Å². The first kappa shape index (κ1) is 20.9. The zero-order chi connectivity index (χ0) is 20.9. The van der Waals surface area contributed by atoms with Crippen LogP contribution in [0.25, 0.3) is 11.5 Å². The van der Waals surface area contributed by atoms with E-state index >= 15 is 0 Å². The van der Waals surface area contributed by atoms with Crippen LogP contribution in [0.15, 0.2) is 62.6 Å². The lowest BCUT2D eigenvalue weighted by atomic mass is 10.2. The Morgan fingerprint density at radius 3 is 2.60 bits per heavy atom. The summed E-state index contributed by atoms with van der Waals surface area (Å²) in [5.41, 5.74) is 2.72. The molecule has 2 heterocycles. The highest BCUT2D eigenvalue weighted by Gasteiger charge is 2.18. The van der Waals surface area contributed by atoms with Gasteiger partial charge in [0.05, 0.1) is 17.1 Å². The number of carbonyl (C=O) groups is 1. The van der Waals surface area contributed by atoms with Crippen molar-refractivity contribution in [2.24, 2.45) is 0 Å². The second kappa shape index (κ2) is 9.63. The van der Waals surface area contributed by atoms with E-state index in [0.717, 1.165) is 47.6 Å². The fourth-order valence-electron chi connectivity index (χ4n) is 3.19. The zero-order valence-corrected chi connectivity index (χ0v) is 18.9. The summed E-state index contributed by atoms with van der Waals surface area (Å²) >= 11 is 4.63. The SMILES string of the molecule is CN1CCN(c2ccccc2NC(=O)CSc2nnc(-c3ccc(Br)cc3)o2)CC1. The van der Waals surface area contributed by atoms with E-state index < -0.39 is 0 Å². The summed E-state index contributed by atoms with van der Waals surface area (Å²) in [4.78, 5) is 17.2. The number of rotatable bonds is 6. The summed E-state index contributed by atoms with van der Waals surface area (Å²) in [6.45, 7) is 3.91. The predicted octanol–water partition coefficient (Wildman–Crippen LogP) is 3.98. The molecule has 1 amide bonds. The molecule has 156 valence electrons. The third kappa shape index (κ3) is 5.21. The van der Waals surface area contributed by atoms with Crippen molar-refractivity contribution >= 4 is 45.0 Å². The van der Waals surface area contributed by atoms with E-state index in [0.29, 0.717) is 11.1 Å². The van der Waals surface area contributed by atoms with E-state index in [1.807, 2.05) is 42.5 Å². The maximum absolute atomic E-state index is 12.5. The van der Waals surface area contributed by atoms with Crippen LogP contribution in [0.5, 0.6) is 0 Å². The molecule has 0 unspecified atom stereocenters. The number of thioether (sulfide) groups is 1. The number of piperazine rings is 1. The van der Waals surface area contributed by atoms with E-state index in [2.05, 4.69) is 54.4 Å². The smallest absolute Gasteiger partial charge is 0.277 e. The van der Waals surface area contributed by atoms with Crippen LogP contribution in [-0.4, -0.2) is 60.0 Å². The summed E-state index contributed by atoms with van der Waals surface area (Å²) in [5, 5.41) is 11.5. The van der Waals surface area contributed by atoms with Gasteiger partial charge < -0.3 is 19.5 Å². The number of nitrogens with one attached hydrogen (secondary N) is 1. The Balaban J connectivity index is 1.35. The Bertz CT molecular complexity index is 1000. The minimum atomic E-state index is -0.107.